The highest BCUT2D eigenvalue weighted by Gasteiger charge is 1.95. The number of nitrogens with two attached hydrogens (primary N) is 1. The topological polar surface area (TPSA) is 38.0 Å². The number of hydrogen-bond donors (Lipinski definition) is 2. The third-order valence-corrected chi connectivity index (χ3v) is 2.79. The molecule has 0 saturated carbocycles. The monoisotopic (exact) mass is 246 g/mol. The highest BCUT2D eigenvalue weighted by molar-refractivity contribution is 6.30. The zero-order valence-electron chi connectivity index (χ0n) is 9.49. The molecule has 3 heteroatoms. The predicted molar refractivity (Wildman–Crippen MR) is 74.5 cm³/mol. The zero-order chi connectivity index (χ0) is 12.1. The lowest BCUT2D eigenvalue weighted by Gasteiger charge is -2.07. The van der Waals surface area contributed by atoms with E-state index in [4.69, 9.17) is 17.3 Å². The van der Waals surface area contributed by atoms with Gasteiger partial charge < -0.3 is 11.1 Å². The van der Waals surface area contributed by atoms with Crippen LogP contribution in [0.15, 0.2) is 48.5 Å². The van der Waals surface area contributed by atoms with Gasteiger partial charge in [-0.2, -0.15) is 0 Å². The first-order chi connectivity index (χ1) is 8.24. The molecule has 0 radical (unpaired) electrons. The van der Waals surface area contributed by atoms with Gasteiger partial charge in [-0.1, -0.05) is 23.7 Å². The van der Waals surface area contributed by atoms with Gasteiger partial charge in [-0.15, -0.1) is 0 Å². The molecule has 0 aliphatic rings. The summed E-state index contributed by atoms with van der Waals surface area (Å²) in [4.78, 5) is 0. The van der Waals surface area contributed by atoms with Gasteiger partial charge >= 0.3 is 0 Å². The van der Waals surface area contributed by atoms with Crippen LogP contribution < -0.4 is 11.1 Å². The third-order valence-electron chi connectivity index (χ3n) is 2.54. The number of benzene rings is 2. The van der Waals surface area contributed by atoms with Gasteiger partial charge in [0.15, 0.2) is 0 Å². The number of rotatable bonds is 4. The van der Waals surface area contributed by atoms with E-state index in [1.165, 1.54) is 5.56 Å². The molecule has 2 aromatic rings. The Bertz CT molecular complexity index is 480. The number of halogens is 1. The minimum absolute atomic E-state index is 0.756. The van der Waals surface area contributed by atoms with Gasteiger partial charge in [-0.3, -0.25) is 0 Å². The van der Waals surface area contributed by atoms with Gasteiger partial charge in [-0.25, -0.2) is 0 Å². The molecule has 2 aromatic carbocycles. The molecule has 0 unspecified atom stereocenters. The number of nitrogens with one attached hydrogen (secondary N) is 1. The fourth-order valence-corrected chi connectivity index (χ4v) is 1.79. The lowest BCUT2D eigenvalue weighted by molar-refractivity contribution is 1.02. The van der Waals surface area contributed by atoms with E-state index in [0.29, 0.717) is 0 Å². The maximum absolute atomic E-state index is 5.82. The van der Waals surface area contributed by atoms with Gasteiger partial charge in [0, 0.05) is 22.9 Å². The zero-order valence-corrected chi connectivity index (χ0v) is 10.2. The first-order valence-electron chi connectivity index (χ1n) is 5.58. The van der Waals surface area contributed by atoms with Gasteiger partial charge in [-0.05, 0) is 48.4 Å². The minimum Gasteiger partial charge on any atom is -0.399 e. The van der Waals surface area contributed by atoms with E-state index in [9.17, 15) is 0 Å². The SMILES string of the molecule is Nc1cccc(CCNc2ccc(Cl)cc2)c1. The van der Waals surface area contributed by atoms with Crippen molar-refractivity contribution >= 4 is 23.0 Å². The van der Waals surface area contributed by atoms with Crippen molar-refractivity contribution in [3.05, 3.63) is 59.1 Å². The van der Waals surface area contributed by atoms with Crippen molar-refractivity contribution in [1.82, 2.24) is 0 Å². The van der Waals surface area contributed by atoms with Crippen LogP contribution in [0, 0.1) is 0 Å². The molecule has 0 atom stereocenters. The Balaban J connectivity index is 1.85. The van der Waals surface area contributed by atoms with E-state index in [0.717, 1.165) is 29.4 Å². The quantitative estimate of drug-likeness (QED) is 0.810. The van der Waals surface area contributed by atoms with Crippen LogP contribution in [0.4, 0.5) is 11.4 Å². The Morgan fingerprint density at radius 1 is 1.06 bits per heavy atom. The van der Waals surface area contributed by atoms with Crippen molar-refractivity contribution in [2.24, 2.45) is 0 Å². The summed E-state index contributed by atoms with van der Waals surface area (Å²) in [5, 5.41) is 4.10. The van der Waals surface area contributed by atoms with E-state index >= 15 is 0 Å². The molecule has 0 aromatic heterocycles. The number of anilines is 2. The molecule has 3 N–H and O–H groups in total. The van der Waals surface area contributed by atoms with Crippen molar-refractivity contribution in [1.29, 1.82) is 0 Å². The molecule has 0 spiro atoms. The van der Waals surface area contributed by atoms with Crippen LogP contribution in [0.25, 0.3) is 0 Å². The van der Waals surface area contributed by atoms with Gasteiger partial charge in [0.25, 0.3) is 0 Å². The fraction of sp³-hybridized carbons (Fsp3) is 0.143. The molecule has 2 rings (SSSR count). The van der Waals surface area contributed by atoms with E-state index in [-0.39, 0.29) is 0 Å². The maximum atomic E-state index is 5.82. The third kappa shape index (κ3) is 3.68. The molecule has 0 aliphatic carbocycles. The summed E-state index contributed by atoms with van der Waals surface area (Å²) < 4.78 is 0. The molecular weight excluding hydrogens is 232 g/mol. The summed E-state index contributed by atoms with van der Waals surface area (Å²) in [5.41, 5.74) is 8.86. The van der Waals surface area contributed by atoms with Crippen molar-refractivity contribution in [3.8, 4) is 0 Å². The van der Waals surface area contributed by atoms with Crippen LogP contribution >= 0.6 is 11.6 Å². The molecular formula is C14H15ClN2. The summed E-state index contributed by atoms with van der Waals surface area (Å²) in [7, 11) is 0. The second-order valence-corrected chi connectivity index (χ2v) is 4.37. The van der Waals surface area contributed by atoms with Crippen LogP contribution in [0.3, 0.4) is 0 Å². The van der Waals surface area contributed by atoms with Crippen LogP contribution in [-0.4, -0.2) is 6.54 Å². The summed E-state index contributed by atoms with van der Waals surface area (Å²) in [6.07, 6.45) is 0.952. The van der Waals surface area contributed by atoms with E-state index in [2.05, 4.69) is 11.4 Å². The number of nitrogen functional groups attached to an aromatic ring is 1. The first-order valence-corrected chi connectivity index (χ1v) is 5.96. The van der Waals surface area contributed by atoms with Crippen molar-refractivity contribution in [3.63, 3.8) is 0 Å². The first kappa shape index (κ1) is 11.8. The largest absolute Gasteiger partial charge is 0.399 e. The molecule has 0 aliphatic heterocycles. The normalized spacial score (nSPS) is 10.2. The molecule has 88 valence electrons. The Morgan fingerprint density at radius 2 is 1.82 bits per heavy atom. The molecule has 0 heterocycles. The lowest BCUT2D eigenvalue weighted by Crippen LogP contribution is -2.04. The minimum atomic E-state index is 0.756. The molecule has 2 nitrogen and oxygen atoms in total. The van der Waals surface area contributed by atoms with Gasteiger partial charge in [0.1, 0.15) is 0 Å². The molecule has 0 bridgehead atoms. The van der Waals surface area contributed by atoms with Crippen molar-refractivity contribution < 1.29 is 0 Å². The summed E-state index contributed by atoms with van der Waals surface area (Å²) in [5.74, 6) is 0. The standard InChI is InChI=1S/C14H15ClN2/c15-12-4-6-14(7-5-12)17-9-8-11-2-1-3-13(16)10-11/h1-7,10,17H,8-9,16H2. The number of hydrogen-bond acceptors (Lipinski definition) is 2. The average Bonchev–Trinajstić information content (AvgIpc) is 2.32. The lowest BCUT2D eigenvalue weighted by atomic mass is 10.1. The van der Waals surface area contributed by atoms with E-state index < -0.39 is 0 Å². The van der Waals surface area contributed by atoms with Crippen LogP contribution in [0.5, 0.6) is 0 Å². The Hall–Kier alpha value is -1.67. The molecule has 0 saturated heterocycles. The van der Waals surface area contributed by atoms with Crippen molar-refractivity contribution in [2.75, 3.05) is 17.6 Å². The Morgan fingerprint density at radius 3 is 2.53 bits per heavy atom. The van der Waals surface area contributed by atoms with Crippen molar-refractivity contribution in [2.45, 2.75) is 6.42 Å². The molecule has 0 fully saturated rings. The summed E-state index contributed by atoms with van der Waals surface area (Å²) >= 11 is 5.82. The predicted octanol–water partition coefficient (Wildman–Crippen LogP) is 3.58. The van der Waals surface area contributed by atoms with E-state index in [1.807, 2.05) is 42.5 Å². The van der Waals surface area contributed by atoms with E-state index in [1.54, 1.807) is 0 Å². The smallest absolute Gasteiger partial charge is 0.0407 e. The molecule has 17 heavy (non-hydrogen) atoms. The second kappa shape index (κ2) is 5.60. The molecule has 0 amide bonds. The second-order valence-electron chi connectivity index (χ2n) is 3.93. The summed E-state index contributed by atoms with van der Waals surface area (Å²) in [6.45, 7) is 0.880. The van der Waals surface area contributed by atoms with Gasteiger partial charge in [0.2, 0.25) is 0 Å². The maximum Gasteiger partial charge on any atom is 0.0407 e. The van der Waals surface area contributed by atoms with Crippen LogP contribution in [0.2, 0.25) is 5.02 Å². The fourth-order valence-electron chi connectivity index (χ4n) is 1.67. The Labute approximate surface area is 106 Å². The highest BCUT2D eigenvalue weighted by Crippen LogP contribution is 2.13. The van der Waals surface area contributed by atoms with Crippen LogP contribution in [-0.2, 0) is 6.42 Å². The highest BCUT2D eigenvalue weighted by atomic mass is 35.5. The Kier molecular flexibility index (Phi) is 3.89. The van der Waals surface area contributed by atoms with Gasteiger partial charge in [0.05, 0.1) is 0 Å². The average molecular weight is 247 g/mol. The van der Waals surface area contributed by atoms with Crippen LogP contribution in [0.1, 0.15) is 5.56 Å². The summed E-state index contributed by atoms with van der Waals surface area (Å²) in [6, 6.07) is 15.7.